The van der Waals surface area contributed by atoms with Crippen LogP contribution in [0.5, 0.6) is 0 Å². The minimum atomic E-state index is -0.584. The second kappa shape index (κ2) is 9.42. The average Bonchev–Trinajstić information content (AvgIpc) is 3.03. The van der Waals surface area contributed by atoms with Gasteiger partial charge in [-0.1, -0.05) is 12.5 Å². The quantitative estimate of drug-likeness (QED) is 0.735. The van der Waals surface area contributed by atoms with E-state index in [1.807, 2.05) is 10.3 Å². The third kappa shape index (κ3) is 5.63. The molecule has 1 aliphatic heterocycles. The number of likely N-dealkylation sites (tertiary alicyclic amines) is 1. The van der Waals surface area contributed by atoms with E-state index in [4.69, 9.17) is 0 Å². The number of carbonyl (C=O) groups is 3. The lowest BCUT2D eigenvalue weighted by molar-refractivity contribution is -0.130. The average molecular weight is 351 g/mol. The summed E-state index contributed by atoms with van der Waals surface area (Å²) in [6, 6.07) is 2.94. The van der Waals surface area contributed by atoms with Crippen LogP contribution in [0.25, 0.3) is 0 Å². The van der Waals surface area contributed by atoms with Gasteiger partial charge in [-0.3, -0.25) is 14.4 Å². The molecule has 0 bridgehead atoms. The Balaban J connectivity index is 1.65. The molecule has 7 heteroatoms. The SMILES string of the molecule is CC(NC(=O)c1cccs1)C(=O)NCCCN1CCCCCC1=O. The molecule has 2 heterocycles. The van der Waals surface area contributed by atoms with Crippen molar-refractivity contribution in [2.45, 2.75) is 45.1 Å². The Labute approximate surface area is 146 Å². The zero-order valence-electron chi connectivity index (χ0n) is 14.0. The molecule has 0 aliphatic carbocycles. The predicted molar refractivity (Wildman–Crippen MR) is 93.9 cm³/mol. The first-order valence-electron chi connectivity index (χ1n) is 8.48. The number of thiophene rings is 1. The molecule has 1 fully saturated rings. The minimum Gasteiger partial charge on any atom is -0.354 e. The van der Waals surface area contributed by atoms with E-state index in [-0.39, 0.29) is 17.7 Å². The maximum atomic E-state index is 12.0. The number of hydrogen-bond donors (Lipinski definition) is 2. The Bertz CT molecular complexity index is 559. The first-order valence-corrected chi connectivity index (χ1v) is 9.36. The van der Waals surface area contributed by atoms with Crippen LogP contribution in [0.1, 0.15) is 48.7 Å². The summed E-state index contributed by atoms with van der Waals surface area (Å²) in [5.41, 5.74) is 0. The van der Waals surface area contributed by atoms with Crippen LogP contribution in [0.4, 0.5) is 0 Å². The largest absolute Gasteiger partial charge is 0.354 e. The van der Waals surface area contributed by atoms with Crippen LogP contribution in [-0.2, 0) is 9.59 Å². The van der Waals surface area contributed by atoms with E-state index in [1.54, 1.807) is 19.1 Å². The van der Waals surface area contributed by atoms with Crippen LogP contribution < -0.4 is 10.6 Å². The third-order valence-corrected chi connectivity index (χ3v) is 4.93. The summed E-state index contributed by atoms with van der Waals surface area (Å²) in [5.74, 6) is -0.222. The first kappa shape index (κ1) is 18.4. The topological polar surface area (TPSA) is 78.5 Å². The minimum absolute atomic E-state index is 0.206. The molecular formula is C17H25N3O3S. The number of nitrogens with one attached hydrogen (secondary N) is 2. The molecule has 6 nitrogen and oxygen atoms in total. The van der Waals surface area contributed by atoms with E-state index in [0.29, 0.717) is 24.4 Å². The van der Waals surface area contributed by atoms with Crippen LogP contribution in [0.15, 0.2) is 17.5 Å². The van der Waals surface area contributed by atoms with Gasteiger partial charge in [0.1, 0.15) is 6.04 Å². The summed E-state index contributed by atoms with van der Waals surface area (Å²) in [4.78, 5) is 38.3. The van der Waals surface area contributed by atoms with E-state index >= 15 is 0 Å². The van der Waals surface area contributed by atoms with Crippen LogP contribution >= 0.6 is 11.3 Å². The van der Waals surface area contributed by atoms with Gasteiger partial charge in [-0.15, -0.1) is 11.3 Å². The highest BCUT2D eigenvalue weighted by Crippen LogP contribution is 2.11. The molecule has 0 radical (unpaired) electrons. The standard InChI is InChI=1S/C17H25N3O3S/c1-13(19-17(23)14-7-5-12-24-14)16(22)18-9-6-11-20-10-4-2-3-8-15(20)21/h5,7,12-13H,2-4,6,8-11H2,1H3,(H,18,22)(H,19,23). The lowest BCUT2D eigenvalue weighted by Gasteiger charge is -2.20. The number of nitrogens with zero attached hydrogens (tertiary/aromatic N) is 1. The van der Waals surface area contributed by atoms with Gasteiger partial charge in [-0.05, 0) is 37.6 Å². The number of amides is 3. The van der Waals surface area contributed by atoms with E-state index in [1.165, 1.54) is 11.3 Å². The molecule has 2 N–H and O–H groups in total. The molecule has 24 heavy (non-hydrogen) atoms. The second-order valence-electron chi connectivity index (χ2n) is 6.01. The molecule has 0 spiro atoms. The van der Waals surface area contributed by atoms with Crippen molar-refractivity contribution in [3.63, 3.8) is 0 Å². The zero-order chi connectivity index (χ0) is 17.4. The van der Waals surface area contributed by atoms with Crippen LogP contribution in [0, 0.1) is 0 Å². The molecule has 0 aromatic carbocycles. The second-order valence-corrected chi connectivity index (χ2v) is 6.96. The summed E-state index contributed by atoms with van der Waals surface area (Å²) >= 11 is 1.34. The first-order chi connectivity index (χ1) is 11.6. The van der Waals surface area contributed by atoms with Crippen molar-refractivity contribution in [1.82, 2.24) is 15.5 Å². The molecule has 3 amide bonds. The number of rotatable bonds is 7. The molecule has 1 aromatic heterocycles. The smallest absolute Gasteiger partial charge is 0.261 e. The van der Waals surface area contributed by atoms with Crippen LogP contribution in [-0.4, -0.2) is 48.3 Å². The molecule has 1 unspecified atom stereocenters. The lowest BCUT2D eigenvalue weighted by atomic mass is 10.2. The normalized spacial score (nSPS) is 16.4. The van der Waals surface area contributed by atoms with Crippen LogP contribution in [0.3, 0.4) is 0 Å². The maximum Gasteiger partial charge on any atom is 0.261 e. The monoisotopic (exact) mass is 351 g/mol. The van der Waals surface area contributed by atoms with Crippen molar-refractivity contribution in [2.24, 2.45) is 0 Å². The predicted octanol–water partition coefficient (Wildman–Crippen LogP) is 1.78. The van der Waals surface area contributed by atoms with Crippen molar-refractivity contribution in [1.29, 1.82) is 0 Å². The van der Waals surface area contributed by atoms with Crippen molar-refractivity contribution >= 4 is 29.1 Å². The molecule has 1 saturated heterocycles. The Morgan fingerprint density at radius 3 is 2.92 bits per heavy atom. The van der Waals surface area contributed by atoms with Gasteiger partial charge < -0.3 is 15.5 Å². The highest BCUT2D eigenvalue weighted by atomic mass is 32.1. The van der Waals surface area contributed by atoms with Crippen molar-refractivity contribution in [3.8, 4) is 0 Å². The summed E-state index contributed by atoms with van der Waals surface area (Å²) in [6.07, 6.45) is 4.51. The van der Waals surface area contributed by atoms with Crippen molar-refractivity contribution in [2.75, 3.05) is 19.6 Å². The highest BCUT2D eigenvalue weighted by molar-refractivity contribution is 7.12. The molecule has 132 valence electrons. The van der Waals surface area contributed by atoms with Gasteiger partial charge in [0.25, 0.3) is 5.91 Å². The lowest BCUT2D eigenvalue weighted by Crippen LogP contribution is -2.45. The van der Waals surface area contributed by atoms with E-state index in [2.05, 4.69) is 10.6 Å². The van der Waals surface area contributed by atoms with E-state index in [0.717, 1.165) is 32.2 Å². The van der Waals surface area contributed by atoms with Gasteiger partial charge in [0.15, 0.2) is 0 Å². The van der Waals surface area contributed by atoms with Gasteiger partial charge in [-0.25, -0.2) is 0 Å². The summed E-state index contributed by atoms with van der Waals surface area (Å²) < 4.78 is 0. The number of hydrogen-bond acceptors (Lipinski definition) is 4. The zero-order valence-corrected chi connectivity index (χ0v) is 14.9. The van der Waals surface area contributed by atoms with Crippen LogP contribution in [0.2, 0.25) is 0 Å². The maximum absolute atomic E-state index is 12.0. The number of carbonyl (C=O) groups excluding carboxylic acids is 3. The summed E-state index contributed by atoms with van der Waals surface area (Å²) in [6.45, 7) is 3.66. The van der Waals surface area contributed by atoms with Gasteiger partial charge in [-0.2, -0.15) is 0 Å². The Morgan fingerprint density at radius 1 is 1.33 bits per heavy atom. The molecule has 1 atom stereocenters. The molecule has 2 rings (SSSR count). The van der Waals surface area contributed by atoms with E-state index in [9.17, 15) is 14.4 Å². The highest BCUT2D eigenvalue weighted by Gasteiger charge is 2.18. The summed E-state index contributed by atoms with van der Waals surface area (Å²) in [5, 5.41) is 7.32. The molecule has 0 saturated carbocycles. The fraction of sp³-hybridized carbons (Fsp3) is 0.588. The van der Waals surface area contributed by atoms with E-state index < -0.39 is 6.04 Å². The molecule has 1 aliphatic rings. The van der Waals surface area contributed by atoms with Gasteiger partial charge >= 0.3 is 0 Å². The molecular weight excluding hydrogens is 326 g/mol. The van der Waals surface area contributed by atoms with Crippen molar-refractivity contribution in [3.05, 3.63) is 22.4 Å². The fourth-order valence-corrected chi connectivity index (χ4v) is 3.28. The molecule has 1 aromatic rings. The Kier molecular flexibility index (Phi) is 7.24. The third-order valence-electron chi connectivity index (χ3n) is 4.06. The van der Waals surface area contributed by atoms with Gasteiger partial charge in [0.2, 0.25) is 11.8 Å². The summed E-state index contributed by atoms with van der Waals surface area (Å²) in [7, 11) is 0. The van der Waals surface area contributed by atoms with Crippen molar-refractivity contribution < 1.29 is 14.4 Å². The van der Waals surface area contributed by atoms with Gasteiger partial charge in [0, 0.05) is 26.1 Å². The Morgan fingerprint density at radius 2 is 2.17 bits per heavy atom. The fourth-order valence-electron chi connectivity index (χ4n) is 2.65. The van der Waals surface area contributed by atoms with Gasteiger partial charge in [0.05, 0.1) is 4.88 Å². The Hall–Kier alpha value is -1.89.